The number of cyclic esters (lactones) is 1. The van der Waals surface area contributed by atoms with Crippen molar-refractivity contribution in [3.05, 3.63) is 38.1 Å². The van der Waals surface area contributed by atoms with Gasteiger partial charge in [-0.3, -0.25) is 9.78 Å². The molecule has 0 aliphatic carbocycles. The lowest BCUT2D eigenvalue weighted by Gasteiger charge is -2.13. The summed E-state index contributed by atoms with van der Waals surface area (Å²) in [6, 6.07) is 0. The van der Waals surface area contributed by atoms with E-state index in [0.717, 1.165) is 0 Å². The average molecular weight is 318 g/mol. The summed E-state index contributed by atoms with van der Waals surface area (Å²) in [6.45, 7) is 0.765. The van der Waals surface area contributed by atoms with Gasteiger partial charge in [-0.25, -0.2) is 9.59 Å². The fraction of sp³-hybridized carbons (Fsp3) is 0.364. The predicted octanol–water partition coefficient (Wildman–Crippen LogP) is -2.33. The van der Waals surface area contributed by atoms with Crippen molar-refractivity contribution in [2.45, 2.75) is 19.1 Å². The van der Waals surface area contributed by atoms with Gasteiger partial charge < -0.3 is 35.3 Å². The smallest absolute Gasteiger partial charge is 0.377 e. The summed E-state index contributed by atoms with van der Waals surface area (Å²) in [4.78, 5) is 35.6. The van der Waals surface area contributed by atoms with Crippen LogP contribution in [0.3, 0.4) is 0 Å². The molecule has 11 nitrogen and oxygen atoms in total. The molecule has 22 heavy (non-hydrogen) atoms. The fourth-order valence-corrected chi connectivity index (χ4v) is 1.42. The molecule has 122 valence electrons. The number of aromatic hydroxyl groups is 1. The van der Waals surface area contributed by atoms with E-state index in [0.29, 0.717) is 0 Å². The standard InChI is InChI=1S/C6H8O6.C5H6N2O3/c7-1-2(8)5-3(9)4(10)6(11)12-5;1-2-3(8)4(9)7-5(10)6-2/h2,5,7-10H,1H2;8H,1H3,(H2,6,7,9,10). The van der Waals surface area contributed by atoms with E-state index in [1.165, 1.54) is 6.92 Å². The Balaban J connectivity index is 0.000000224. The molecule has 1 aromatic rings. The summed E-state index contributed by atoms with van der Waals surface area (Å²) in [6.07, 6.45) is -2.78. The molecule has 1 aromatic heterocycles. The van der Waals surface area contributed by atoms with Gasteiger partial charge in [-0.1, -0.05) is 0 Å². The Morgan fingerprint density at radius 3 is 2.18 bits per heavy atom. The molecule has 0 bridgehead atoms. The van der Waals surface area contributed by atoms with Crippen molar-refractivity contribution in [3.8, 4) is 5.75 Å². The van der Waals surface area contributed by atoms with Crippen LogP contribution in [-0.2, 0) is 9.53 Å². The molecule has 2 heterocycles. The molecule has 2 atom stereocenters. The van der Waals surface area contributed by atoms with Crippen LogP contribution in [0.4, 0.5) is 0 Å². The third kappa shape index (κ3) is 3.65. The van der Waals surface area contributed by atoms with Crippen molar-refractivity contribution in [2.75, 3.05) is 6.61 Å². The number of carbonyl (C=O) groups excluding carboxylic acids is 1. The Morgan fingerprint density at radius 1 is 1.18 bits per heavy atom. The SMILES string of the molecule is Cc1[nH]c(=O)[nH]c(=O)c1O.O=C1OC(C(O)CO)C(O)=C1O. The monoisotopic (exact) mass is 318 g/mol. The molecule has 0 saturated heterocycles. The number of aliphatic hydroxyl groups excluding tert-OH is 4. The second kappa shape index (κ2) is 6.78. The zero-order valence-corrected chi connectivity index (χ0v) is 11.2. The van der Waals surface area contributed by atoms with Gasteiger partial charge in [0.1, 0.15) is 6.10 Å². The average Bonchev–Trinajstić information content (AvgIpc) is 2.72. The molecule has 0 fully saturated rings. The van der Waals surface area contributed by atoms with Crippen molar-refractivity contribution in [1.82, 2.24) is 9.97 Å². The quantitative estimate of drug-likeness (QED) is 0.293. The molecule has 0 aromatic carbocycles. The maximum absolute atomic E-state index is 10.5. The highest BCUT2D eigenvalue weighted by molar-refractivity contribution is 5.89. The van der Waals surface area contributed by atoms with E-state index in [1.807, 2.05) is 4.98 Å². The van der Waals surface area contributed by atoms with Gasteiger partial charge in [0.05, 0.1) is 12.3 Å². The van der Waals surface area contributed by atoms with Crippen LogP contribution in [0.25, 0.3) is 0 Å². The van der Waals surface area contributed by atoms with Crippen molar-refractivity contribution >= 4 is 5.97 Å². The van der Waals surface area contributed by atoms with E-state index >= 15 is 0 Å². The van der Waals surface area contributed by atoms with Crippen LogP contribution in [0.15, 0.2) is 21.1 Å². The first-order valence-corrected chi connectivity index (χ1v) is 5.83. The van der Waals surface area contributed by atoms with Crippen LogP contribution in [0, 0.1) is 6.92 Å². The predicted molar refractivity (Wildman–Crippen MR) is 69.3 cm³/mol. The third-order valence-electron chi connectivity index (χ3n) is 2.57. The lowest BCUT2D eigenvalue weighted by atomic mass is 10.2. The summed E-state index contributed by atoms with van der Waals surface area (Å²) in [5.41, 5.74) is -1.20. The van der Waals surface area contributed by atoms with E-state index in [4.69, 9.17) is 25.5 Å². The molecule has 2 rings (SSSR count). The number of hydrogen-bond acceptors (Lipinski definition) is 9. The second-order valence-electron chi connectivity index (χ2n) is 4.19. The van der Waals surface area contributed by atoms with Gasteiger partial charge >= 0.3 is 11.7 Å². The number of rotatable bonds is 2. The van der Waals surface area contributed by atoms with Gasteiger partial charge in [0, 0.05) is 0 Å². The molecule has 1 aliphatic rings. The van der Waals surface area contributed by atoms with E-state index in [9.17, 15) is 14.4 Å². The Labute approximate surface area is 121 Å². The van der Waals surface area contributed by atoms with Crippen molar-refractivity contribution < 1.29 is 35.1 Å². The zero-order valence-electron chi connectivity index (χ0n) is 11.2. The number of carbonyl (C=O) groups is 1. The normalized spacial score (nSPS) is 18.5. The van der Waals surface area contributed by atoms with Crippen LogP contribution in [0.5, 0.6) is 5.75 Å². The number of aromatic nitrogens is 2. The second-order valence-corrected chi connectivity index (χ2v) is 4.19. The number of nitrogens with one attached hydrogen (secondary N) is 2. The molecule has 7 N–H and O–H groups in total. The Hall–Kier alpha value is -2.79. The minimum Gasteiger partial charge on any atom is -0.505 e. The highest BCUT2D eigenvalue weighted by Gasteiger charge is 2.38. The third-order valence-corrected chi connectivity index (χ3v) is 2.57. The number of aliphatic hydroxyl groups is 4. The van der Waals surface area contributed by atoms with Crippen molar-refractivity contribution in [3.63, 3.8) is 0 Å². The molecular formula is C11H14N2O9. The van der Waals surface area contributed by atoms with Crippen molar-refractivity contribution in [1.29, 1.82) is 0 Å². The van der Waals surface area contributed by atoms with Crippen LogP contribution in [-0.4, -0.2) is 60.3 Å². The highest BCUT2D eigenvalue weighted by atomic mass is 16.6. The van der Waals surface area contributed by atoms with E-state index in [1.54, 1.807) is 0 Å². The van der Waals surface area contributed by atoms with E-state index < -0.39 is 53.3 Å². The molecule has 11 heteroatoms. The first kappa shape index (κ1) is 17.3. The van der Waals surface area contributed by atoms with E-state index in [-0.39, 0.29) is 5.69 Å². The minimum atomic E-state index is -1.42. The number of H-pyrrole nitrogens is 2. The van der Waals surface area contributed by atoms with Gasteiger partial charge in [-0.05, 0) is 6.92 Å². The molecule has 1 aliphatic heterocycles. The summed E-state index contributed by atoms with van der Waals surface area (Å²) in [7, 11) is 0. The van der Waals surface area contributed by atoms with Crippen molar-refractivity contribution in [2.24, 2.45) is 0 Å². The Bertz CT molecular complexity index is 702. The van der Waals surface area contributed by atoms with Crippen LogP contribution < -0.4 is 11.2 Å². The van der Waals surface area contributed by atoms with Crippen LogP contribution in [0.1, 0.15) is 5.69 Å². The fourth-order valence-electron chi connectivity index (χ4n) is 1.42. The first-order valence-electron chi connectivity index (χ1n) is 5.83. The lowest BCUT2D eigenvalue weighted by Crippen LogP contribution is -2.31. The molecule has 0 radical (unpaired) electrons. The molecule has 2 unspecified atom stereocenters. The zero-order chi connectivity index (χ0) is 17.0. The Kier molecular flexibility index (Phi) is 5.32. The number of aromatic amines is 2. The minimum absolute atomic E-state index is 0.175. The van der Waals surface area contributed by atoms with Gasteiger partial charge in [0.15, 0.2) is 11.9 Å². The van der Waals surface area contributed by atoms with Crippen LogP contribution in [0.2, 0.25) is 0 Å². The van der Waals surface area contributed by atoms with Gasteiger partial charge in [-0.2, -0.15) is 0 Å². The summed E-state index contributed by atoms with van der Waals surface area (Å²) in [5.74, 6) is -3.22. The Morgan fingerprint density at radius 2 is 1.77 bits per heavy atom. The first-order chi connectivity index (χ1) is 10.2. The summed E-state index contributed by atoms with van der Waals surface area (Å²) in [5, 5.41) is 43.9. The summed E-state index contributed by atoms with van der Waals surface area (Å²) >= 11 is 0. The molecular weight excluding hydrogens is 304 g/mol. The van der Waals surface area contributed by atoms with Crippen LogP contribution >= 0.6 is 0 Å². The molecule has 0 spiro atoms. The van der Waals surface area contributed by atoms with Gasteiger partial charge in [0.25, 0.3) is 5.56 Å². The number of hydrogen-bond donors (Lipinski definition) is 7. The topological polar surface area (TPSA) is 193 Å². The molecule has 0 amide bonds. The number of esters is 1. The lowest BCUT2D eigenvalue weighted by molar-refractivity contribution is -0.147. The maximum atomic E-state index is 10.5. The largest absolute Gasteiger partial charge is 0.505 e. The number of aryl methyl sites for hydroxylation is 1. The molecule has 0 saturated carbocycles. The van der Waals surface area contributed by atoms with E-state index in [2.05, 4.69) is 9.72 Å². The van der Waals surface area contributed by atoms with Gasteiger partial charge in [-0.15, -0.1) is 0 Å². The highest BCUT2D eigenvalue weighted by Crippen LogP contribution is 2.20. The maximum Gasteiger partial charge on any atom is 0.377 e. The summed E-state index contributed by atoms with van der Waals surface area (Å²) < 4.78 is 4.32. The van der Waals surface area contributed by atoms with Gasteiger partial charge in [0.2, 0.25) is 11.5 Å². The number of ether oxygens (including phenoxy) is 1.